The van der Waals surface area contributed by atoms with E-state index in [4.69, 9.17) is 23.2 Å². The number of hydrogen-bond acceptors (Lipinski definition) is 1. The molecule has 0 radical (unpaired) electrons. The molecule has 1 N–H and O–H groups in total. The number of alkyl halides is 2. The van der Waals surface area contributed by atoms with Gasteiger partial charge < -0.3 is 5.32 Å². The SMILES string of the molecule is CCC(CCl)(CCl)NC(=O)c1cccc(F)c1F. The second-order valence-corrected chi connectivity index (χ2v) is 4.49. The van der Waals surface area contributed by atoms with Gasteiger partial charge >= 0.3 is 0 Å². The minimum Gasteiger partial charge on any atom is -0.344 e. The van der Waals surface area contributed by atoms with Crippen molar-refractivity contribution < 1.29 is 13.6 Å². The molecular weight excluding hydrogens is 283 g/mol. The van der Waals surface area contributed by atoms with Gasteiger partial charge in [0.2, 0.25) is 0 Å². The van der Waals surface area contributed by atoms with Gasteiger partial charge in [-0.15, -0.1) is 23.2 Å². The van der Waals surface area contributed by atoms with Crippen LogP contribution in [-0.2, 0) is 0 Å². The predicted molar refractivity (Wildman–Crippen MR) is 68.3 cm³/mol. The van der Waals surface area contributed by atoms with E-state index in [1.165, 1.54) is 12.1 Å². The van der Waals surface area contributed by atoms with E-state index >= 15 is 0 Å². The fourth-order valence-electron chi connectivity index (χ4n) is 1.37. The molecule has 1 aromatic rings. The van der Waals surface area contributed by atoms with Crippen LogP contribution in [0.4, 0.5) is 8.78 Å². The van der Waals surface area contributed by atoms with Gasteiger partial charge in [-0.05, 0) is 18.6 Å². The lowest BCUT2D eigenvalue weighted by molar-refractivity contribution is 0.0908. The summed E-state index contributed by atoms with van der Waals surface area (Å²) in [5, 5.41) is 2.55. The number of rotatable bonds is 5. The number of carbonyl (C=O) groups is 1. The van der Waals surface area contributed by atoms with Crippen LogP contribution in [0.2, 0.25) is 0 Å². The summed E-state index contributed by atoms with van der Waals surface area (Å²) in [6.45, 7) is 1.80. The molecule has 18 heavy (non-hydrogen) atoms. The first kappa shape index (κ1) is 15.2. The van der Waals surface area contributed by atoms with E-state index in [-0.39, 0.29) is 17.3 Å². The number of halogens is 4. The summed E-state index contributed by atoms with van der Waals surface area (Å²) >= 11 is 11.5. The molecule has 0 heterocycles. The fourth-order valence-corrected chi connectivity index (χ4v) is 2.16. The highest BCUT2D eigenvalue weighted by molar-refractivity contribution is 6.22. The number of amides is 1. The standard InChI is InChI=1S/C12H13Cl2F2NO/c1-2-12(6-13,7-14)17-11(18)8-4-3-5-9(15)10(8)16/h3-5H,2,6-7H2,1H3,(H,17,18). The molecule has 1 aromatic carbocycles. The Kier molecular flexibility index (Phi) is 5.35. The first-order valence-corrected chi connectivity index (χ1v) is 6.45. The van der Waals surface area contributed by atoms with E-state index < -0.39 is 23.1 Å². The summed E-state index contributed by atoms with van der Waals surface area (Å²) in [5.74, 6) is -2.79. The Bertz CT molecular complexity index is 428. The van der Waals surface area contributed by atoms with Crippen molar-refractivity contribution in [1.29, 1.82) is 0 Å². The molecule has 0 aliphatic rings. The molecule has 0 aromatic heterocycles. The molecule has 1 rings (SSSR count). The summed E-state index contributed by atoms with van der Waals surface area (Å²) in [7, 11) is 0. The van der Waals surface area contributed by atoms with Gasteiger partial charge in [0.05, 0.1) is 11.1 Å². The molecule has 0 saturated heterocycles. The van der Waals surface area contributed by atoms with Crippen LogP contribution in [0.25, 0.3) is 0 Å². The Hall–Kier alpha value is -0.870. The zero-order chi connectivity index (χ0) is 13.8. The third-order valence-electron chi connectivity index (χ3n) is 2.76. The summed E-state index contributed by atoms with van der Waals surface area (Å²) < 4.78 is 26.4. The van der Waals surface area contributed by atoms with Crippen molar-refractivity contribution in [2.75, 3.05) is 11.8 Å². The second-order valence-electron chi connectivity index (χ2n) is 3.96. The number of nitrogens with one attached hydrogen (secondary N) is 1. The quantitative estimate of drug-likeness (QED) is 0.830. The lowest BCUT2D eigenvalue weighted by atomic mass is 10.0. The van der Waals surface area contributed by atoms with Crippen LogP contribution in [0.15, 0.2) is 18.2 Å². The lowest BCUT2D eigenvalue weighted by Crippen LogP contribution is -2.51. The first-order chi connectivity index (χ1) is 8.49. The minimum absolute atomic E-state index is 0.0929. The molecule has 0 aliphatic carbocycles. The first-order valence-electron chi connectivity index (χ1n) is 5.38. The topological polar surface area (TPSA) is 29.1 Å². The molecular formula is C12H13Cl2F2NO. The van der Waals surface area contributed by atoms with Crippen LogP contribution in [0.5, 0.6) is 0 Å². The third kappa shape index (κ3) is 3.12. The Labute approximate surface area is 114 Å². The third-order valence-corrected chi connectivity index (χ3v) is 3.79. The Balaban J connectivity index is 2.98. The van der Waals surface area contributed by atoms with Crippen molar-refractivity contribution in [3.05, 3.63) is 35.4 Å². The highest BCUT2D eigenvalue weighted by Crippen LogP contribution is 2.17. The van der Waals surface area contributed by atoms with Crippen LogP contribution >= 0.6 is 23.2 Å². The van der Waals surface area contributed by atoms with E-state index in [1.807, 2.05) is 0 Å². The van der Waals surface area contributed by atoms with E-state index in [0.717, 1.165) is 6.07 Å². The monoisotopic (exact) mass is 295 g/mol. The van der Waals surface area contributed by atoms with Gasteiger partial charge in [-0.2, -0.15) is 0 Å². The maximum absolute atomic E-state index is 13.4. The van der Waals surface area contributed by atoms with Crippen LogP contribution in [0, 0.1) is 11.6 Å². The van der Waals surface area contributed by atoms with Crippen molar-refractivity contribution in [2.45, 2.75) is 18.9 Å². The molecule has 0 saturated carbocycles. The van der Waals surface area contributed by atoms with Gasteiger partial charge in [-0.25, -0.2) is 8.78 Å². The molecule has 1 amide bonds. The van der Waals surface area contributed by atoms with E-state index in [0.29, 0.717) is 6.42 Å². The smallest absolute Gasteiger partial charge is 0.254 e. The van der Waals surface area contributed by atoms with E-state index in [9.17, 15) is 13.6 Å². The fraction of sp³-hybridized carbons (Fsp3) is 0.417. The lowest BCUT2D eigenvalue weighted by Gasteiger charge is -2.29. The average Bonchev–Trinajstić information content (AvgIpc) is 2.39. The van der Waals surface area contributed by atoms with Crippen LogP contribution < -0.4 is 5.32 Å². The van der Waals surface area contributed by atoms with Gasteiger partial charge in [-0.1, -0.05) is 13.0 Å². The summed E-state index contributed by atoms with van der Waals surface area (Å²) in [5.41, 5.74) is -1.18. The van der Waals surface area contributed by atoms with Gasteiger partial charge in [0.1, 0.15) is 0 Å². The maximum atomic E-state index is 13.4. The minimum atomic E-state index is -1.18. The van der Waals surface area contributed by atoms with Crippen molar-refractivity contribution in [3.63, 3.8) is 0 Å². The van der Waals surface area contributed by atoms with Crippen molar-refractivity contribution >= 4 is 29.1 Å². The predicted octanol–water partition coefficient (Wildman–Crippen LogP) is 3.32. The maximum Gasteiger partial charge on any atom is 0.254 e. The van der Waals surface area contributed by atoms with Crippen LogP contribution in [-0.4, -0.2) is 23.2 Å². The van der Waals surface area contributed by atoms with Crippen molar-refractivity contribution in [3.8, 4) is 0 Å². The molecule has 6 heteroatoms. The molecule has 0 unspecified atom stereocenters. The largest absolute Gasteiger partial charge is 0.344 e. The summed E-state index contributed by atoms with van der Waals surface area (Å²) in [4.78, 5) is 11.9. The van der Waals surface area contributed by atoms with Gasteiger partial charge in [-0.3, -0.25) is 4.79 Å². The Morgan fingerprint density at radius 2 is 1.94 bits per heavy atom. The molecule has 0 bridgehead atoms. The number of benzene rings is 1. The summed E-state index contributed by atoms with van der Waals surface area (Å²) in [6, 6.07) is 3.42. The highest BCUT2D eigenvalue weighted by Gasteiger charge is 2.29. The number of hydrogen-bond donors (Lipinski definition) is 1. The zero-order valence-corrected chi connectivity index (χ0v) is 11.3. The molecule has 0 fully saturated rings. The molecule has 0 aliphatic heterocycles. The van der Waals surface area contributed by atoms with Gasteiger partial charge in [0.15, 0.2) is 11.6 Å². The van der Waals surface area contributed by atoms with Gasteiger partial charge in [0, 0.05) is 11.8 Å². The Morgan fingerprint density at radius 3 is 2.44 bits per heavy atom. The van der Waals surface area contributed by atoms with Crippen LogP contribution in [0.1, 0.15) is 23.7 Å². The van der Waals surface area contributed by atoms with Crippen molar-refractivity contribution in [2.24, 2.45) is 0 Å². The highest BCUT2D eigenvalue weighted by atomic mass is 35.5. The Morgan fingerprint density at radius 1 is 1.33 bits per heavy atom. The second kappa shape index (κ2) is 6.34. The zero-order valence-electron chi connectivity index (χ0n) is 9.77. The summed E-state index contributed by atoms with van der Waals surface area (Å²) in [6.07, 6.45) is 0.489. The molecule has 2 nitrogen and oxygen atoms in total. The van der Waals surface area contributed by atoms with Gasteiger partial charge in [0.25, 0.3) is 5.91 Å². The molecule has 100 valence electrons. The normalized spacial score (nSPS) is 11.4. The molecule has 0 spiro atoms. The average molecular weight is 296 g/mol. The molecule has 0 atom stereocenters. The van der Waals surface area contributed by atoms with Crippen molar-refractivity contribution in [1.82, 2.24) is 5.32 Å². The van der Waals surface area contributed by atoms with E-state index in [1.54, 1.807) is 6.92 Å². The van der Waals surface area contributed by atoms with Crippen LogP contribution in [0.3, 0.4) is 0 Å². The number of carbonyl (C=O) groups excluding carboxylic acids is 1. The van der Waals surface area contributed by atoms with E-state index in [2.05, 4.69) is 5.32 Å².